The number of carbonyl (C=O) groups is 2. The largest absolute Gasteiger partial charge is 0.368 e. The lowest BCUT2D eigenvalue weighted by atomic mass is 9.86. The molecule has 0 aliphatic heterocycles. The number of alkyl halides is 1. The summed E-state index contributed by atoms with van der Waals surface area (Å²) in [7, 11) is 0. The highest BCUT2D eigenvalue weighted by Gasteiger charge is 2.32. The summed E-state index contributed by atoms with van der Waals surface area (Å²) >= 11 is 0. The predicted molar refractivity (Wildman–Crippen MR) is 107 cm³/mol. The average Bonchev–Trinajstić information content (AvgIpc) is 3.06. The highest BCUT2D eigenvalue weighted by Crippen LogP contribution is 2.22. The van der Waals surface area contributed by atoms with Crippen LogP contribution >= 0.6 is 0 Å². The van der Waals surface area contributed by atoms with Crippen molar-refractivity contribution in [1.29, 1.82) is 0 Å². The van der Waals surface area contributed by atoms with Gasteiger partial charge in [-0.05, 0) is 55.0 Å². The molecule has 29 heavy (non-hydrogen) atoms. The second-order valence-corrected chi connectivity index (χ2v) is 8.07. The second-order valence-electron chi connectivity index (χ2n) is 8.07. The number of aromatic nitrogens is 2. The van der Waals surface area contributed by atoms with Gasteiger partial charge in [0.05, 0.1) is 12.4 Å². The quantitative estimate of drug-likeness (QED) is 0.625. The van der Waals surface area contributed by atoms with Crippen LogP contribution < -0.4 is 11.1 Å². The molecule has 0 radical (unpaired) electrons. The molecule has 8 heteroatoms. The number of unbranched alkanes of at least 4 members (excludes halogenated alkanes) is 2. The molecule has 1 aromatic heterocycles. The van der Waals surface area contributed by atoms with Gasteiger partial charge < -0.3 is 11.1 Å². The molecule has 158 valence electrons. The summed E-state index contributed by atoms with van der Waals surface area (Å²) in [6.07, 6.45) is 1.75. The molecule has 6 nitrogen and oxygen atoms in total. The number of rotatable bonds is 9. The maximum absolute atomic E-state index is 13.2. The zero-order chi connectivity index (χ0) is 21.6. The fourth-order valence-electron chi connectivity index (χ4n) is 2.98. The SMILES string of the molecule is CC(C)(C)C(NC(=O)c1cc(-c2ccc(F)cc2)nn1CCCCCF)C(N)=O. The van der Waals surface area contributed by atoms with Gasteiger partial charge in [-0.3, -0.25) is 18.7 Å². The minimum Gasteiger partial charge on any atom is -0.368 e. The number of nitrogens with one attached hydrogen (secondary N) is 1. The third-order valence-electron chi connectivity index (χ3n) is 4.58. The van der Waals surface area contributed by atoms with Crippen molar-refractivity contribution in [3.05, 3.63) is 41.8 Å². The summed E-state index contributed by atoms with van der Waals surface area (Å²) < 4.78 is 27.1. The van der Waals surface area contributed by atoms with E-state index in [0.717, 1.165) is 0 Å². The van der Waals surface area contributed by atoms with Crippen LogP contribution in [0.25, 0.3) is 11.3 Å². The zero-order valence-electron chi connectivity index (χ0n) is 17.0. The molecule has 2 aromatic rings. The Morgan fingerprint density at radius 2 is 1.83 bits per heavy atom. The van der Waals surface area contributed by atoms with Crippen molar-refractivity contribution in [3.63, 3.8) is 0 Å². The number of nitrogens with two attached hydrogens (primary N) is 1. The normalized spacial score (nSPS) is 12.6. The Kier molecular flexibility index (Phi) is 7.47. The Morgan fingerprint density at radius 1 is 1.17 bits per heavy atom. The van der Waals surface area contributed by atoms with Crippen LogP contribution in [-0.2, 0) is 11.3 Å². The molecule has 0 bridgehead atoms. The lowest BCUT2D eigenvalue weighted by Gasteiger charge is -2.28. The summed E-state index contributed by atoms with van der Waals surface area (Å²) in [5.41, 5.74) is 6.33. The molecule has 3 N–H and O–H groups in total. The molecule has 0 saturated heterocycles. The highest BCUT2D eigenvalue weighted by molar-refractivity contribution is 5.97. The number of benzene rings is 1. The average molecular weight is 406 g/mol. The van der Waals surface area contributed by atoms with E-state index < -0.39 is 23.3 Å². The van der Waals surface area contributed by atoms with Crippen molar-refractivity contribution in [2.24, 2.45) is 11.1 Å². The van der Waals surface area contributed by atoms with Gasteiger partial charge in [-0.15, -0.1) is 0 Å². The fraction of sp³-hybridized carbons (Fsp3) is 0.476. The zero-order valence-corrected chi connectivity index (χ0v) is 17.0. The van der Waals surface area contributed by atoms with Crippen molar-refractivity contribution in [2.45, 2.75) is 52.6 Å². The van der Waals surface area contributed by atoms with Crippen LogP contribution in [0.1, 0.15) is 50.5 Å². The van der Waals surface area contributed by atoms with E-state index in [2.05, 4.69) is 10.4 Å². The fourth-order valence-corrected chi connectivity index (χ4v) is 2.98. The molecule has 1 unspecified atom stereocenters. The van der Waals surface area contributed by atoms with Crippen molar-refractivity contribution in [1.82, 2.24) is 15.1 Å². The molecule has 1 heterocycles. The van der Waals surface area contributed by atoms with Gasteiger partial charge in [0.15, 0.2) is 0 Å². The predicted octanol–water partition coefficient (Wildman–Crippen LogP) is 3.46. The van der Waals surface area contributed by atoms with Gasteiger partial charge in [-0.1, -0.05) is 20.8 Å². The summed E-state index contributed by atoms with van der Waals surface area (Å²) in [5.74, 6) is -1.47. The first kappa shape index (κ1) is 22.5. The van der Waals surface area contributed by atoms with E-state index in [1.54, 1.807) is 39.0 Å². The Balaban J connectivity index is 2.32. The first-order valence-corrected chi connectivity index (χ1v) is 9.63. The van der Waals surface area contributed by atoms with Crippen LogP contribution in [-0.4, -0.2) is 34.3 Å². The molecular formula is C21H28F2N4O2. The summed E-state index contributed by atoms with van der Waals surface area (Å²) in [4.78, 5) is 24.7. The van der Waals surface area contributed by atoms with Gasteiger partial charge in [0, 0.05) is 12.1 Å². The smallest absolute Gasteiger partial charge is 0.270 e. The first-order valence-electron chi connectivity index (χ1n) is 9.63. The Hall–Kier alpha value is -2.77. The van der Waals surface area contributed by atoms with Crippen LogP contribution in [0, 0.1) is 11.2 Å². The van der Waals surface area contributed by atoms with Crippen LogP contribution in [0.3, 0.4) is 0 Å². The monoisotopic (exact) mass is 406 g/mol. The van der Waals surface area contributed by atoms with Crippen molar-refractivity contribution >= 4 is 11.8 Å². The lowest BCUT2D eigenvalue weighted by molar-refractivity contribution is -0.122. The molecule has 0 saturated carbocycles. The molecule has 2 rings (SSSR count). The van der Waals surface area contributed by atoms with E-state index in [1.807, 2.05) is 0 Å². The van der Waals surface area contributed by atoms with E-state index in [-0.39, 0.29) is 18.2 Å². The molecule has 1 atom stereocenters. The van der Waals surface area contributed by atoms with E-state index >= 15 is 0 Å². The Bertz CT molecular complexity index is 841. The molecule has 0 spiro atoms. The summed E-state index contributed by atoms with van der Waals surface area (Å²) in [5, 5.41) is 7.16. The van der Waals surface area contributed by atoms with Crippen LogP contribution in [0.2, 0.25) is 0 Å². The molecule has 0 aliphatic rings. The number of carbonyl (C=O) groups excluding carboxylic acids is 2. The van der Waals surface area contributed by atoms with Crippen LogP contribution in [0.15, 0.2) is 30.3 Å². The number of hydrogen-bond acceptors (Lipinski definition) is 3. The van der Waals surface area contributed by atoms with Crippen molar-refractivity contribution in [2.75, 3.05) is 6.67 Å². The van der Waals surface area contributed by atoms with Crippen LogP contribution in [0.5, 0.6) is 0 Å². The first-order chi connectivity index (χ1) is 13.6. The molecule has 0 aliphatic carbocycles. The summed E-state index contributed by atoms with van der Waals surface area (Å²) in [6, 6.07) is 6.52. The topological polar surface area (TPSA) is 90.0 Å². The number of amides is 2. The third kappa shape index (κ3) is 6.10. The molecule has 0 fully saturated rings. The van der Waals surface area contributed by atoms with Gasteiger partial charge in [-0.25, -0.2) is 4.39 Å². The standard InChI is InChI=1S/C21H28F2N4O2/c1-21(2,3)18(19(24)28)25-20(29)17-13-16(14-7-9-15(23)10-8-14)26-27(17)12-6-4-5-11-22/h7-10,13,18H,4-6,11-12H2,1-3H3,(H2,24,28)(H,25,29). The number of primary amides is 1. The van der Waals surface area contributed by atoms with Gasteiger partial charge in [-0.2, -0.15) is 5.10 Å². The maximum Gasteiger partial charge on any atom is 0.270 e. The van der Waals surface area contributed by atoms with E-state index in [1.165, 1.54) is 16.8 Å². The Labute approximate surface area is 169 Å². The Morgan fingerprint density at radius 3 is 2.38 bits per heavy atom. The van der Waals surface area contributed by atoms with E-state index in [9.17, 15) is 18.4 Å². The highest BCUT2D eigenvalue weighted by atomic mass is 19.1. The van der Waals surface area contributed by atoms with E-state index in [0.29, 0.717) is 37.1 Å². The van der Waals surface area contributed by atoms with Gasteiger partial charge >= 0.3 is 0 Å². The van der Waals surface area contributed by atoms with Gasteiger partial charge in [0.1, 0.15) is 17.6 Å². The minimum absolute atomic E-state index is 0.264. The third-order valence-corrected chi connectivity index (χ3v) is 4.58. The number of hydrogen-bond donors (Lipinski definition) is 2. The van der Waals surface area contributed by atoms with Crippen LogP contribution in [0.4, 0.5) is 8.78 Å². The molecular weight excluding hydrogens is 378 g/mol. The maximum atomic E-state index is 13.2. The van der Waals surface area contributed by atoms with Gasteiger partial charge in [0.2, 0.25) is 5.91 Å². The molecule has 2 amide bonds. The second kappa shape index (κ2) is 9.62. The van der Waals surface area contributed by atoms with E-state index in [4.69, 9.17) is 5.73 Å². The summed E-state index contributed by atoms with van der Waals surface area (Å²) in [6.45, 7) is 5.45. The number of aryl methyl sites for hydroxylation is 1. The minimum atomic E-state index is -0.862. The van der Waals surface area contributed by atoms with Crippen molar-refractivity contribution < 1.29 is 18.4 Å². The lowest BCUT2D eigenvalue weighted by Crippen LogP contribution is -2.52. The van der Waals surface area contributed by atoms with Crippen molar-refractivity contribution in [3.8, 4) is 11.3 Å². The van der Waals surface area contributed by atoms with Gasteiger partial charge in [0.25, 0.3) is 5.91 Å². The number of nitrogens with zero attached hydrogens (tertiary/aromatic N) is 2. The number of halogens is 2. The molecule has 1 aromatic carbocycles.